The molecule has 0 saturated carbocycles. The standard InChI is InChI=1S/C10H12Br2N2O/c1-2-7(11)5-14-10(15)9-4-3-8(12)6-13-9/h3-4,6-7H,2,5H2,1H3,(H,14,15). The first-order valence-corrected chi connectivity index (χ1v) is 6.38. The molecular formula is C10H12Br2N2O. The average molecular weight is 336 g/mol. The fourth-order valence-electron chi connectivity index (χ4n) is 0.948. The smallest absolute Gasteiger partial charge is 0.269 e. The highest BCUT2D eigenvalue weighted by Crippen LogP contribution is 2.07. The molecule has 0 saturated heterocycles. The number of rotatable bonds is 4. The van der Waals surface area contributed by atoms with Crippen LogP contribution in [0, 0.1) is 0 Å². The van der Waals surface area contributed by atoms with Gasteiger partial charge in [-0.15, -0.1) is 0 Å². The van der Waals surface area contributed by atoms with E-state index in [1.165, 1.54) is 0 Å². The van der Waals surface area contributed by atoms with Crippen molar-refractivity contribution in [1.82, 2.24) is 10.3 Å². The van der Waals surface area contributed by atoms with Gasteiger partial charge in [0.15, 0.2) is 0 Å². The summed E-state index contributed by atoms with van der Waals surface area (Å²) in [5.41, 5.74) is 0.439. The molecule has 1 aromatic heterocycles. The molecule has 1 amide bonds. The van der Waals surface area contributed by atoms with E-state index in [9.17, 15) is 4.79 Å². The summed E-state index contributed by atoms with van der Waals surface area (Å²) in [5.74, 6) is -0.139. The van der Waals surface area contributed by atoms with Gasteiger partial charge < -0.3 is 5.32 Å². The predicted molar refractivity (Wildman–Crippen MR) is 67.3 cm³/mol. The molecule has 1 unspecified atom stereocenters. The van der Waals surface area contributed by atoms with E-state index >= 15 is 0 Å². The molecule has 3 nitrogen and oxygen atoms in total. The van der Waals surface area contributed by atoms with Crippen molar-refractivity contribution in [2.24, 2.45) is 0 Å². The molecule has 1 atom stereocenters. The number of hydrogen-bond acceptors (Lipinski definition) is 2. The lowest BCUT2D eigenvalue weighted by Crippen LogP contribution is -2.29. The number of hydrogen-bond donors (Lipinski definition) is 1. The van der Waals surface area contributed by atoms with Crippen molar-refractivity contribution in [1.29, 1.82) is 0 Å². The molecular weight excluding hydrogens is 324 g/mol. The number of nitrogens with zero attached hydrogens (tertiary/aromatic N) is 1. The van der Waals surface area contributed by atoms with E-state index in [-0.39, 0.29) is 5.91 Å². The van der Waals surface area contributed by atoms with Crippen molar-refractivity contribution in [3.63, 3.8) is 0 Å². The van der Waals surface area contributed by atoms with Gasteiger partial charge in [0.2, 0.25) is 0 Å². The number of amides is 1. The molecule has 1 N–H and O–H groups in total. The van der Waals surface area contributed by atoms with Gasteiger partial charge in [-0.1, -0.05) is 22.9 Å². The zero-order chi connectivity index (χ0) is 11.3. The minimum absolute atomic E-state index is 0.139. The summed E-state index contributed by atoms with van der Waals surface area (Å²) in [6.07, 6.45) is 2.59. The SMILES string of the molecule is CCC(Br)CNC(=O)c1ccc(Br)cn1. The van der Waals surface area contributed by atoms with Crippen molar-refractivity contribution >= 4 is 37.8 Å². The van der Waals surface area contributed by atoms with Gasteiger partial charge in [0, 0.05) is 22.0 Å². The van der Waals surface area contributed by atoms with Gasteiger partial charge in [-0.3, -0.25) is 4.79 Å². The molecule has 0 aliphatic rings. The van der Waals surface area contributed by atoms with Crippen LogP contribution in [-0.2, 0) is 0 Å². The third-order valence-electron chi connectivity index (χ3n) is 1.89. The van der Waals surface area contributed by atoms with Crippen LogP contribution in [0.5, 0.6) is 0 Å². The fourth-order valence-corrected chi connectivity index (χ4v) is 1.34. The molecule has 0 aliphatic carbocycles. The first kappa shape index (κ1) is 12.6. The van der Waals surface area contributed by atoms with E-state index < -0.39 is 0 Å². The Hall–Kier alpha value is -0.420. The highest BCUT2D eigenvalue weighted by Gasteiger charge is 2.08. The van der Waals surface area contributed by atoms with Crippen LogP contribution in [0.4, 0.5) is 0 Å². The van der Waals surface area contributed by atoms with Crippen molar-refractivity contribution in [3.05, 3.63) is 28.5 Å². The number of carbonyl (C=O) groups is 1. The molecule has 0 bridgehead atoms. The van der Waals surface area contributed by atoms with Gasteiger partial charge >= 0.3 is 0 Å². The van der Waals surface area contributed by atoms with Crippen molar-refractivity contribution < 1.29 is 4.79 Å². The second-order valence-corrected chi connectivity index (χ2v) is 5.29. The molecule has 1 aromatic rings. The van der Waals surface area contributed by atoms with Crippen LogP contribution in [0.25, 0.3) is 0 Å². The van der Waals surface area contributed by atoms with Gasteiger partial charge in [-0.2, -0.15) is 0 Å². The summed E-state index contributed by atoms with van der Waals surface area (Å²) in [5, 5.41) is 2.81. The Kier molecular flexibility index (Phi) is 5.25. The summed E-state index contributed by atoms with van der Waals surface area (Å²) >= 11 is 6.71. The zero-order valence-electron chi connectivity index (χ0n) is 8.34. The van der Waals surface area contributed by atoms with E-state index in [4.69, 9.17) is 0 Å². The summed E-state index contributed by atoms with van der Waals surface area (Å²) < 4.78 is 0.867. The lowest BCUT2D eigenvalue weighted by molar-refractivity contribution is 0.0949. The Labute approximate surface area is 106 Å². The number of nitrogens with one attached hydrogen (secondary N) is 1. The second-order valence-electron chi connectivity index (χ2n) is 3.08. The minimum atomic E-state index is -0.139. The van der Waals surface area contributed by atoms with Crippen LogP contribution >= 0.6 is 31.9 Å². The largest absolute Gasteiger partial charge is 0.350 e. The monoisotopic (exact) mass is 334 g/mol. The van der Waals surface area contributed by atoms with Crippen LogP contribution < -0.4 is 5.32 Å². The molecule has 0 fully saturated rings. The Morgan fingerprint density at radius 1 is 1.60 bits per heavy atom. The van der Waals surface area contributed by atoms with Crippen LogP contribution in [0.3, 0.4) is 0 Å². The van der Waals surface area contributed by atoms with Crippen LogP contribution in [0.15, 0.2) is 22.8 Å². The van der Waals surface area contributed by atoms with Gasteiger partial charge in [-0.05, 0) is 34.5 Å². The Balaban J connectivity index is 2.50. The van der Waals surface area contributed by atoms with Crippen molar-refractivity contribution in [2.75, 3.05) is 6.54 Å². The molecule has 82 valence electrons. The molecule has 0 radical (unpaired) electrons. The van der Waals surface area contributed by atoms with E-state index in [2.05, 4.69) is 49.1 Å². The maximum Gasteiger partial charge on any atom is 0.269 e. The topological polar surface area (TPSA) is 42.0 Å². The molecule has 1 rings (SSSR count). The van der Waals surface area contributed by atoms with E-state index in [1.807, 2.05) is 0 Å². The summed E-state index contributed by atoms with van der Waals surface area (Å²) in [6, 6.07) is 3.49. The zero-order valence-corrected chi connectivity index (χ0v) is 11.5. The molecule has 15 heavy (non-hydrogen) atoms. The Morgan fingerprint density at radius 2 is 2.33 bits per heavy atom. The van der Waals surface area contributed by atoms with Gasteiger partial charge in [-0.25, -0.2) is 4.98 Å². The minimum Gasteiger partial charge on any atom is -0.350 e. The van der Waals surface area contributed by atoms with Crippen molar-refractivity contribution in [2.45, 2.75) is 18.2 Å². The fraction of sp³-hybridized carbons (Fsp3) is 0.400. The lowest BCUT2D eigenvalue weighted by atomic mass is 10.3. The van der Waals surface area contributed by atoms with Crippen molar-refractivity contribution in [3.8, 4) is 0 Å². The third-order valence-corrected chi connectivity index (χ3v) is 3.33. The molecule has 0 aromatic carbocycles. The van der Waals surface area contributed by atoms with Crippen LogP contribution in [-0.4, -0.2) is 22.3 Å². The highest BCUT2D eigenvalue weighted by atomic mass is 79.9. The lowest BCUT2D eigenvalue weighted by Gasteiger charge is -2.08. The first-order valence-electron chi connectivity index (χ1n) is 4.67. The van der Waals surface area contributed by atoms with Gasteiger partial charge in [0.05, 0.1) is 0 Å². The van der Waals surface area contributed by atoms with Gasteiger partial charge in [0.25, 0.3) is 5.91 Å². The Bertz CT molecular complexity index is 327. The number of pyridine rings is 1. The summed E-state index contributed by atoms with van der Waals surface area (Å²) in [7, 11) is 0. The maximum absolute atomic E-state index is 11.6. The number of aromatic nitrogens is 1. The number of alkyl halides is 1. The van der Waals surface area contributed by atoms with Gasteiger partial charge in [0.1, 0.15) is 5.69 Å². The van der Waals surface area contributed by atoms with Crippen LogP contribution in [0.1, 0.15) is 23.8 Å². The molecule has 0 aliphatic heterocycles. The number of halogens is 2. The van der Waals surface area contributed by atoms with E-state index in [0.29, 0.717) is 17.1 Å². The highest BCUT2D eigenvalue weighted by molar-refractivity contribution is 9.10. The summed E-state index contributed by atoms with van der Waals surface area (Å²) in [6.45, 7) is 2.68. The Morgan fingerprint density at radius 3 is 2.87 bits per heavy atom. The molecule has 1 heterocycles. The van der Waals surface area contributed by atoms with E-state index in [1.54, 1.807) is 18.3 Å². The quantitative estimate of drug-likeness (QED) is 0.860. The normalized spacial score (nSPS) is 12.2. The predicted octanol–water partition coefficient (Wildman–Crippen LogP) is 2.75. The van der Waals surface area contributed by atoms with E-state index in [0.717, 1.165) is 10.9 Å². The first-order chi connectivity index (χ1) is 7.13. The average Bonchev–Trinajstić information content (AvgIpc) is 2.26. The number of carbonyl (C=O) groups excluding carboxylic acids is 1. The van der Waals surface area contributed by atoms with Crippen LogP contribution in [0.2, 0.25) is 0 Å². The third kappa shape index (κ3) is 4.30. The summed E-state index contributed by atoms with van der Waals surface area (Å²) in [4.78, 5) is 15.9. The molecule has 5 heteroatoms. The maximum atomic E-state index is 11.6. The second kappa shape index (κ2) is 6.23. The molecule has 0 spiro atoms.